The number of nitriles is 2. The minimum absolute atomic E-state index is 0.0208. The van der Waals surface area contributed by atoms with Crippen molar-refractivity contribution >= 4 is 5.69 Å². The Morgan fingerprint density at radius 2 is 2.11 bits per heavy atom. The van der Waals surface area contributed by atoms with E-state index >= 15 is 0 Å². The molecule has 1 aromatic carbocycles. The van der Waals surface area contributed by atoms with Gasteiger partial charge in [0.2, 0.25) is 0 Å². The highest BCUT2D eigenvalue weighted by atomic mass is 19.1. The van der Waals surface area contributed by atoms with Crippen molar-refractivity contribution in [3.05, 3.63) is 47.3 Å². The van der Waals surface area contributed by atoms with E-state index < -0.39 is 5.82 Å². The molecule has 2 rings (SSSR count). The second-order valence-electron chi connectivity index (χ2n) is 3.60. The van der Waals surface area contributed by atoms with E-state index in [0.717, 1.165) is 0 Å². The zero-order valence-corrected chi connectivity index (χ0v) is 9.26. The van der Waals surface area contributed by atoms with E-state index in [0.29, 0.717) is 5.69 Å². The summed E-state index contributed by atoms with van der Waals surface area (Å²) in [5.74, 6) is -0.453. The van der Waals surface area contributed by atoms with Crippen molar-refractivity contribution in [2.24, 2.45) is 0 Å². The molecular formula is C12H8FN5. The molecule has 5 nitrogen and oxygen atoms in total. The molecule has 6 heteroatoms. The standard InChI is InChI=1S/C12H8FN5/c13-9-2-1-3-10(16)8(9)6-18-7-17-11(4-14)12(18)5-15/h1-3,7H,6,16H2. The molecule has 1 heterocycles. The van der Waals surface area contributed by atoms with Gasteiger partial charge in [0.1, 0.15) is 18.0 Å². The van der Waals surface area contributed by atoms with Crippen LogP contribution in [0, 0.1) is 28.5 Å². The maximum Gasteiger partial charge on any atom is 0.176 e. The van der Waals surface area contributed by atoms with Gasteiger partial charge >= 0.3 is 0 Å². The molecule has 0 spiro atoms. The molecular weight excluding hydrogens is 233 g/mol. The second kappa shape index (κ2) is 4.56. The third-order valence-electron chi connectivity index (χ3n) is 2.53. The largest absolute Gasteiger partial charge is 0.398 e. The summed E-state index contributed by atoms with van der Waals surface area (Å²) < 4.78 is 15.0. The zero-order valence-electron chi connectivity index (χ0n) is 9.26. The summed E-state index contributed by atoms with van der Waals surface area (Å²) in [6.45, 7) is 0.0656. The lowest BCUT2D eigenvalue weighted by atomic mass is 10.1. The summed E-state index contributed by atoms with van der Waals surface area (Å²) in [5.41, 5.74) is 6.37. The van der Waals surface area contributed by atoms with Crippen LogP contribution in [0.25, 0.3) is 0 Å². The minimum Gasteiger partial charge on any atom is -0.398 e. The number of hydrogen-bond donors (Lipinski definition) is 1. The van der Waals surface area contributed by atoms with Gasteiger partial charge in [0, 0.05) is 11.3 Å². The molecule has 0 aliphatic rings. The Bertz CT molecular complexity index is 655. The number of nitrogens with zero attached hydrogens (tertiary/aromatic N) is 4. The topological polar surface area (TPSA) is 91.4 Å². The van der Waals surface area contributed by atoms with E-state index in [1.165, 1.54) is 23.0 Å². The first kappa shape index (κ1) is 11.6. The summed E-state index contributed by atoms with van der Waals surface area (Å²) >= 11 is 0. The van der Waals surface area contributed by atoms with Gasteiger partial charge in [-0.25, -0.2) is 9.37 Å². The normalized spacial score (nSPS) is 9.72. The van der Waals surface area contributed by atoms with Crippen LogP contribution in [0.2, 0.25) is 0 Å². The van der Waals surface area contributed by atoms with Gasteiger partial charge in [-0.3, -0.25) is 0 Å². The number of halogens is 1. The van der Waals surface area contributed by atoms with E-state index in [2.05, 4.69) is 4.98 Å². The van der Waals surface area contributed by atoms with E-state index in [1.807, 2.05) is 6.07 Å². The molecule has 0 aliphatic heterocycles. The van der Waals surface area contributed by atoms with Gasteiger partial charge in [-0.2, -0.15) is 10.5 Å². The molecule has 2 aromatic rings. The van der Waals surface area contributed by atoms with Crippen LogP contribution in [0.15, 0.2) is 24.5 Å². The third-order valence-corrected chi connectivity index (χ3v) is 2.53. The SMILES string of the molecule is N#Cc1ncn(Cc2c(N)cccc2F)c1C#N. The van der Waals surface area contributed by atoms with E-state index in [4.69, 9.17) is 16.3 Å². The van der Waals surface area contributed by atoms with E-state index in [1.54, 1.807) is 12.1 Å². The zero-order chi connectivity index (χ0) is 13.1. The predicted octanol–water partition coefficient (Wildman–Crippen LogP) is 1.40. The Hall–Kier alpha value is -2.86. The molecule has 0 aliphatic carbocycles. The number of nitrogens with two attached hydrogens (primary N) is 1. The quantitative estimate of drug-likeness (QED) is 0.804. The van der Waals surface area contributed by atoms with Crippen molar-refractivity contribution < 1.29 is 4.39 Å². The highest BCUT2D eigenvalue weighted by Crippen LogP contribution is 2.18. The van der Waals surface area contributed by atoms with Gasteiger partial charge in [-0.05, 0) is 12.1 Å². The molecule has 0 unspecified atom stereocenters. The Balaban J connectivity index is 2.45. The fraction of sp³-hybridized carbons (Fsp3) is 0.0833. The lowest BCUT2D eigenvalue weighted by molar-refractivity contribution is 0.600. The molecule has 0 saturated heterocycles. The number of benzene rings is 1. The van der Waals surface area contributed by atoms with Crippen LogP contribution in [0.1, 0.15) is 17.0 Å². The van der Waals surface area contributed by atoms with Gasteiger partial charge in [0.25, 0.3) is 0 Å². The molecule has 2 N–H and O–H groups in total. The Kier molecular flexibility index (Phi) is 2.94. The number of rotatable bonds is 2. The van der Waals surface area contributed by atoms with Crippen molar-refractivity contribution in [2.75, 3.05) is 5.73 Å². The van der Waals surface area contributed by atoms with Crippen molar-refractivity contribution in [1.82, 2.24) is 9.55 Å². The Morgan fingerprint density at radius 3 is 2.72 bits per heavy atom. The van der Waals surface area contributed by atoms with Gasteiger partial charge in [0.05, 0.1) is 12.9 Å². The van der Waals surface area contributed by atoms with Gasteiger partial charge in [-0.15, -0.1) is 0 Å². The van der Waals surface area contributed by atoms with Crippen LogP contribution in [-0.2, 0) is 6.54 Å². The first-order valence-corrected chi connectivity index (χ1v) is 5.05. The minimum atomic E-state index is -0.453. The average Bonchev–Trinajstić information content (AvgIpc) is 2.75. The maximum atomic E-state index is 13.6. The summed E-state index contributed by atoms with van der Waals surface area (Å²) in [7, 11) is 0. The van der Waals surface area contributed by atoms with Crippen LogP contribution in [0.3, 0.4) is 0 Å². The van der Waals surface area contributed by atoms with Gasteiger partial charge < -0.3 is 10.3 Å². The van der Waals surface area contributed by atoms with Crippen LogP contribution in [0.4, 0.5) is 10.1 Å². The fourth-order valence-corrected chi connectivity index (χ4v) is 1.61. The van der Waals surface area contributed by atoms with Gasteiger partial charge in [-0.1, -0.05) is 6.07 Å². The highest BCUT2D eigenvalue weighted by Gasteiger charge is 2.13. The van der Waals surface area contributed by atoms with Crippen LogP contribution < -0.4 is 5.73 Å². The first-order chi connectivity index (χ1) is 8.67. The molecule has 0 amide bonds. The first-order valence-electron chi connectivity index (χ1n) is 5.05. The third kappa shape index (κ3) is 1.87. The van der Waals surface area contributed by atoms with Gasteiger partial charge in [0.15, 0.2) is 11.4 Å². The second-order valence-corrected chi connectivity index (χ2v) is 3.60. The highest BCUT2D eigenvalue weighted by molar-refractivity contribution is 5.48. The molecule has 18 heavy (non-hydrogen) atoms. The van der Waals surface area contributed by atoms with Crippen LogP contribution in [-0.4, -0.2) is 9.55 Å². The van der Waals surface area contributed by atoms with Crippen molar-refractivity contribution in [1.29, 1.82) is 10.5 Å². The van der Waals surface area contributed by atoms with Crippen LogP contribution in [0.5, 0.6) is 0 Å². The molecule has 0 saturated carbocycles. The van der Waals surface area contributed by atoms with Crippen molar-refractivity contribution in [3.63, 3.8) is 0 Å². The lowest BCUT2D eigenvalue weighted by Gasteiger charge is -2.08. The Morgan fingerprint density at radius 1 is 1.33 bits per heavy atom. The number of nitrogen functional groups attached to an aromatic ring is 1. The smallest absolute Gasteiger partial charge is 0.176 e. The average molecular weight is 241 g/mol. The fourth-order valence-electron chi connectivity index (χ4n) is 1.61. The number of imidazole rings is 1. The Labute approximate surface area is 103 Å². The molecule has 1 aromatic heterocycles. The van der Waals surface area contributed by atoms with E-state index in [-0.39, 0.29) is 23.5 Å². The molecule has 0 fully saturated rings. The monoisotopic (exact) mass is 241 g/mol. The molecule has 88 valence electrons. The number of aromatic nitrogens is 2. The lowest BCUT2D eigenvalue weighted by Crippen LogP contribution is -2.06. The maximum absolute atomic E-state index is 13.6. The number of anilines is 1. The molecule has 0 radical (unpaired) electrons. The summed E-state index contributed by atoms with van der Waals surface area (Å²) in [5, 5.41) is 17.7. The van der Waals surface area contributed by atoms with Crippen LogP contribution >= 0.6 is 0 Å². The summed E-state index contributed by atoms with van der Waals surface area (Å²) in [6, 6.07) is 8.05. The summed E-state index contributed by atoms with van der Waals surface area (Å²) in [6.07, 6.45) is 1.32. The van der Waals surface area contributed by atoms with Crippen molar-refractivity contribution in [2.45, 2.75) is 6.54 Å². The molecule has 0 bridgehead atoms. The number of hydrogen-bond acceptors (Lipinski definition) is 4. The molecule has 0 atom stereocenters. The van der Waals surface area contributed by atoms with E-state index in [9.17, 15) is 4.39 Å². The summed E-state index contributed by atoms with van der Waals surface area (Å²) in [4.78, 5) is 3.78. The van der Waals surface area contributed by atoms with Crippen molar-refractivity contribution in [3.8, 4) is 12.1 Å². The predicted molar refractivity (Wildman–Crippen MR) is 61.6 cm³/mol.